The molecule has 0 aliphatic rings. The van der Waals surface area contributed by atoms with Gasteiger partial charge in [-0.1, -0.05) is 30.3 Å². The third-order valence-corrected chi connectivity index (χ3v) is 3.85. The molecule has 2 atom stereocenters. The molecule has 124 valence electrons. The number of rotatable bonds is 6. The molecule has 6 nitrogen and oxygen atoms in total. The maximum absolute atomic E-state index is 10.3. The lowest BCUT2D eigenvalue weighted by atomic mass is 10.0. The van der Waals surface area contributed by atoms with Crippen LogP contribution in [-0.2, 0) is 6.42 Å². The van der Waals surface area contributed by atoms with Crippen LogP contribution in [0.1, 0.15) is 18.2 Å². The summed E-state index contributed by atoms with van der Waals surface area (Å²) in [5, 5.41) is 26.2. The Bertz CT molecular complexity index is 770. The number of nitrogens with zero attached hydrogens (tertiary/aromatic N) is 4. The highest BCUT2D eigenvalue weighted by molar-refractivity contribution is 5.37. The van der Waals surface area contributed by atoms with Crippen LogP contribution in [0.15, 0.2) is 54.7 Å². The van der Waals surface area contributed by atoms with Crippen LogP contribution in [0.2, 0.25) is 0 Å². The molecule has 2 unspecified atom stereocenters. The second kappa shape index (κ2) is 7.23. The van der Waals surface area contributed by atoms with Gasteiger partial charge in [0.05, 0.1) is 17.8 Å². The molecule has 3 rings (SSSR count). The summed E-state index contributed by atoms with van der Waals surface area (Å²) in [5.41, 5.74) is 2.03. The van der Waals surface area contributed by atoms with Gasteiger partial charge in [-0.3, -0.25) is 0 Å². The van der Waals surface area contributed by atoms with Gasteiger partial charge >= 0.3 is 0 Å². The fourth-order valence-corrected chi connectivity index (χ4v) is 2.43. The van der Waals surface area contributed by atoms with Crippen LogP contribution >= 0.6 is 0 Å². The molecule has 24 heavy (non-hydrogen) atoms. The Balaban J connectivity index is 1.60. The van der Waals surface area contributed by atoms with E-state index >= 15 is 0 Å². The van der Waals surface area contributed by atoms with Crippen molar-refractivity contribution in [2.45, 2.75) is 32.4 Å². The summed E-state index contributed by atoms with van der Waals surface area (Å²) in [5.74, 6) is 1.29. The third kappa shape index (κ3) is 3.97. The molecule has 0 spiro atoms. The molecule has 3 aromatic rings. The van der Waals surface area contributed by atoms with Gasteiger partial charge in [0, 0.05) is 12.6 Å². The molecule has 0 aliphatic heterocycles. The van der Waals surface area contributed by atoms with Crippen LogP contribution < -0.4 is 5.32 Å². The number of hydrogen-bond donors (Lipinski definition) is 2. The van der Waals surface area contributed by atoms with E-state index in [1.54, 1.807) is 4.68 Å². The first-order valence-electron chi connectivity index (χ1n) is 7.97. The topological polar surface area (TPSA) is 75.9 Å². The van der Waals surface area contributed by atoms with Gasteiger partial charge < -0.3 is 10.4 Å². The Kier molecular flexibility index (Phi) is 4.86. The minimum Gasteiger partial charge on any atom is -0.391 e. The van der Waals surface area contributed by atoms with E-state index in [4.69, 9.17) is 0 Å². The van der Waals surface area contributed by atoms with Crippen LogP contribution in [0.3, 0.4) is 0 Å². The zero-order chi connectivity index (χ0) is 16.9. The first kappa shape index (κ1) is 16.1. The predicted octanol–water partition coefficient (Wildman–Crippen LogP) is 2.37. The number of hydrogen-bond acceptors (Lipinski definition) is 5. The fourth-order valence-electron chi connectivity index (χ4n) is 2.43. The Morgan fingerprint density at radius 3 is 2.50 bits per heavy atom. The molecule has 2 N–H and O–H groups in total. The summed E-state index contributed by atoms with van der Waals surface area (Å²) in [4.78, 5) is 0. The van der Waals surface area contributed by atoms with Crippen molar-refractivity contribution in [3.05, 3.63) is 66.0 Å². The molecule has 1 aromatic carbocycles. The van der Waals surface area contributed by atoms with E-state index < -0.39 is 6.10 Å². The van der Waals surface area contributed by atoms with Crippen LogP contribution in [0, 0.1) is 6.92 Å². The molecule has 0 fully saturated rings. The second-order valence-electron chi connectivity index (χ2n) is 5.87. The smallest absolute Gasteiger partial charge is 0.175 e. The molecular weight excluding hydrogens is 302 g/mol. The SMILES string of the molecule is Cc1ccn(-c2ccc(NC(C)C(O)Cc3ccccc3)nn2)n1. The van der Waals surface area contributed by atoms with Gasteiger partial charge in [-0.05, 0) is 37.6 Å². The van der Waals surface area contributed by atoms with E-state index in [9.17, 15) is 5.11 Å². The number of aliphatic hydroxyl groups is 1. The number of benzene rings is 1. The minimum atomic E-state index is -0.511. The van der Waals surface area contributed by atoms with Crippen LogP contribution in [0.25, 0.3) is 5.82 Å². The normalized spacial score (nSPS) is 13.5. The van der Waals surface area contributed by atoms with Gasteiger partial charge in [0.15, 0.2) is 5.82 Å². The Labute approximate surface area is 141 Å². The van der Waals surface area contributed by atoms with Crippen molar-refractivity contribution in [2.75, 3.05) is 5.32 Å². The summed E-state index contributed by atoms with van der Waals surface area (Å²) in [6, 6.07) is 15.4. The average molecular weight is 323 g/mol. The van der Waals surface area contributed by atoms with Crippen molar-refractivity contribution in [1.82, 2.24) is 20.0 Å². The molecule has 0 bridgehead atoms. The summed E-state index contributed by atoms with van der Waals surface area (Å²) in [7, 11) is 0. The maximum Gasteiger partial charge on any atom is 0.175 e. The lowest BCUT2D eigenvalue weighted by Crippen LogP contribution is -2.32. The molecule has 0 saturated heterocycles. The fraction of sp³-hybridized carbons (Fsp3) is 0.278. The van der Waals surface area contributed by atoms with Gasteiger partial charge in [-0.25, -0.2) is 4.68 Å². The monoisotopic (exact) mass is 323 g/mol. The zero-order valence-electron chi connectivity index (χ0n) is 13.8. The Hall–Kier alpha value is -2.73. The molecule has 6 heteroatoms. The van der Waals surface area contributed by atoms with Crippen molar-refractivity contribution >= 4 is 5.82 Å². The van der Waals surface area contributed by atoms with Crippen molar-refractivity contribution in [2.24, 2.45) is 0 Å². The van der Waals surface area contributed by atoms with Crippen LogP contribution in [-0.4, -0.2) is 37.2 Å². The number of nitrogens with one attached hydrogen (secondary N) is 1. The summed E-state index contributed by atoms with van der Waals surface area (Å²) >= 11 is 0. The quantitative estimate of drug-likeness (QED) is 0.728. The van der Waals surface area contributed by atoms with Gasteiger partial charge in [-0.2, -0.15) is 5.10 Å². The summed E-state index contributed by atoms with van der Waals surface area (Å²) in [6.07, 6.45) is 1.92. The average Bonchev–Trinajstić information content (AvgIpc) is 3.03. The predicted molar refractivity (Wildman–Crippen MR) is 93.1 cm³/mol. The maximum atomic E-state index is 10.3. The van der Waals surface area contributed by atoms with Crippen molar-refractivity contribution < 1.29 is 5.11 Å². The number of aliphatic hydroxyl groups excluding tert-OH is 1. The lowest BCUT2D eigenvalue weighted by molar-refractivity contribution is 0.158. The van der Waals surface area contributed by atoms with Crippen molar-refractivity contribution in [1.29, 1.82) is 0 Å². The molecule has 2 aromatic heterocycles. The first-order valence-corrected chi connectivity index (χ1v) is 7.97. The Morgan fingerprint density at radius 1 is 1.08 bits per heavy atom. The standard InChI is InChI=1S/C18H21N5O/c1-13-10-11-23(22-13)18-9-8-17(20-21-18)19-14(2)16(24)12-15-6-4-3-5-7-15/h3-11,14,16,24H,12H2,1-2H3,(H,19,20). The zero-order valence-corrected chi connectivity index (χ0v) is 13.8. The van der Waals surface area contributed by atoms with E-state index in [0.717, 1.165) is 11.3 Å². The molecule has 0 saturated carbocycles. The van der Waals surface area contributed by atoms with Crippen molar-refractivity contribution in [3.8, 4) is 5.82 Å². The molecule has 0 aliphatic carbocycles. The van der Waals surface area contributed by atoms with Gasteiger partial charge in [0.1, 0.15) is 5.82 Å². The van der Waals surface area contributed by atoms with Gasteiger partial charge in [0.25, 0.3) is 0 Å². The van der Waals surface area contributed by atoms with E-state index in [2.05, 4.69) is 20.6 Å². The van der Waals surface area contributed by atoms with E-state index in [-0.39, 0.29) is 6.04 Å². The highest BCUT2D eigenvalue weighted by Gasteiger charge is 2.15. The Morgan fingerprint density at radius 2 is 1.88 bits per heavy atom. The first-order chi connectivity index (χ1) is 11.6. The van der Waals surface area contributed by atoms with Crippen LogP contribution in [0.5, 0.6) is 0 Å². The number of aromatic nitrogens is 4. The van der Waals surface area contributed by atoms with E-state index in [0.29, 0.717) is 18.1 Å². The molecule has 0 radical (unpaired) electrons. The van der Waals surface area contributed by atoms with Crippen LogP contribution in [0.4, 0.5) is 5.82 Å². The largest absolute Gasteiger partial charge is 0.391 e. The molecule has 0 amide bonds. The number of anilines is 1. The number of aryl methyl sites for hydroxylation is 1. The van der Waals surface area contributed by atoms with E-state index in [1.807, 2.05) is 68.6 Å². The molecular formula is C18H21N5O. The highest BCUT2D eigenvalue weighted by Crippen LogP contribution is 2.11. The summed E-state index contributed by atoms with van der Waals surface area (Å²) in [6.45, 7) is 3.86. The second-order valence-corrected chi connectivity index (χ2v) is 5.87. The molecule has 2 heterocycles. The lowest BCUT2D eigenvalue weighted by Gasteiger charge is -2.20. The van der Waals surface area contributed by atoms with E-state index in [1.165, 1.54) is 0 Å². The third-order valence-electron chi connectivity index (χ3n) is 3.85. The van der Waals surface area contributed by atoms with Crippen molar-refractivity contribution in [3.63, 3.8) is 0 Å². The minimum absolute atomic E-state index is 0.141. The highest BCUT2D eigenvalue weighted by atomic mass is 16.3. The van der Waals surface area contributed by atoms with Gasteiger partial charge in [-0.15, -0.1) is 10.2 Å². The van der Waals surface area contributed by atoms with Gasteiger partial charge in [0.2, 0.25) is 0 Å². The summed E-state index contributed by atoms with van der Waals surface area (Å²) < 4.78 is 1.68.